The molecule has 45 heavy (non-hydrogen) atoms. The van der Waals surface area contributed by atoms with E-state index in [0.717, 1.165) is 41.0 Å². The molecule has 16 heteroatoms. The van der Waals surface area contributed by atoms with Crippen molar-refractivity contribution in [3.8, 4) is 11.3 Å². The monoisotopic (exact) mass is 626 g/mol. The molecule has 0 saturated heterocycles. The molecule has 0 aliphatic heterocycles. The van der Waals surface area contributed by atoms with E-state index < -0.39 is 23.9 Å². The largest absolute Gasteiger partial charge is 0.619 e. The maximum atomic E-state index is 13.4. The predicted molar refractivity (Wildman–Crippen MR) is 162 cm³/mol. The van der Waals surface area contributed by atoms with Crippen molar-refractivity contribution in [3.05, 3.63) is 71.2 Å². The number of pyridine rings is 1. The number of aliphatic carboxylic acids is 4. The molecule has 240 valence electrons. The molecule has 3 aromatic rings. The molecule has 16 nitrogen and oxygen atoms in total. The molecular formula is C29H34N6O10. The Hall–Kier alpha value is -5.61. The van der Waals surface area contributed by atoms with Crippen LogP contribution in [0.15, 0.2) is 54.9 Å². The Labute approximate surface area is 257 Å². The van der Waals surface area contributed by atoms with Crippen LogP contribution >= 0.6 is 0 Å². The van der Waals surface area contributed by atoms with E-state index in [0.29, 0.717) is 53.2 Å². The average Bonchev–Trinajstić information content (AvgIpc) is 3.32. The quantitative estimate of drug-likeness (QED) is 0.0883. The fourth-order valence-electron chi connectivity index (χ4n) is 4.01. The summed E-state index contributed by atoms with van der Waals surface area (Å²) >= 11 is 0. The number of carboxylic acid groups (broad SMARTS) is 4. The van der Waals surface area contributed by atoms with Crippen molar-refractivity contribution in [2.45, 2.75) is 6.54 Å². The van der Waals surface area contributed by atoms with Gasteiger partial charge in [0.05, 0.1) is 23.2 Å². The van der Waals surface area contributed by atoms with Crippen LogP contribution in [0.25, 0.3) is 22.2 Å². The second-order valence-corrected chi connectivity index (χ2v) is 9.97. The lowest BCUT2D eigenvalue weighted by Crippen LogP contribution is -2.27. The summed E-state index contributed by atoms with van der Waals surface area (Å²) in [4.78, 5) is 55.8. The van der Waals surface area contributed by atoms with Gasteiger partial charge in [0.1, 0.15) is 5.69 Å². The third-order valence-electron chi connectivity index (χ3n) is 5.95. The summed E-state index contributed by atoms with van der Waals surface area (Å²) in [5.41, 5.74) is 4.18. The molecule has 1 aliphatic carbocycles. The SMILES string of the molecule is CN(C)CCNc1ccc2c3c(nn2CCN(C)C)-c2c[n+]([O-])ccc2C(=O)c13.O=C(O)/C=C\C(=O)O.O=C(O)/C=C\C(=O)O. The number of aromatic nitrogens is 3. The predicted octanol–water partition coefficient (Wildman–Crippen LogP) is 0.840. The van der Waals surface area contributed by atoms with Crippen molar-refractivity contribution in [3.63, 3.8) is 0 Å². The Bertz CT molecular complexity index is 1580. The summed E-state index contributed by atoms with van der Waals surface area (Å²) in [6, 6.07) is 5.56. The van der Waals surface area contributed by atoms with Crippen molar-refractivity contribution in [1.29, 1.82) is 0 Å². The average molecular weight is 627 g/mol. The summed E-state index contributed by atoms with van der Waals surface area (Å²) in [6.07, 6.45) is 5.04. The van der Waals surface area contributed by atoms with Gasteiger partial charge in [-0.05, 0) is 40.3 Å². The van der Waals surface area contributed by atoms with E-state index in [1.54, 1.807) is 6.07 Å². The Morgan fingerprint density at radius 3 is 1.89 bits per heavy atom. The highest BCUT2D eigenvalue weighted by Gasteiger charge is 2.32. The molecule has 0 saturated carbocycles. The van der Waals surface area contributed by atoms with Crippen LogP contribution in [0, 0.1) is 5.21 Å². The summed E-state index contributed by atoms with van der Waals surface area (Å²) < 4.78 is 2.66. The number of nitrogens with zero attached hydrogens (tertiary/aromatic N) is 5. The topological polar surface area (TPSA) is 230 Å². The van der Waals surface area contributed by atoms with Gasteiger partial charge in [-0.3, -0.25) is 9.48 Å². The number of nitrogens with one attached hydrogen (secondary N) is 1. The first-order valence-corrected chi connectivity index (χ1v) is 13.2. The van der Waals surface area contributed by atoms with Crippen LogP contribution in [0.3, 0.4) is 0 Å². The first-order valence-electron chi connectivity index (χ1n) is 13.2. The van der Waals surface area contributed by atoms with Crippen LogP contribution in [-0.4, -0.2) is 117 Å². The molecule has 0 spiro atoms. The molecule has 0 bridgehead atoms. The number of hydrogen-bond donors (Lipinski definition) is 5. The van der Waals surface area contributed by atoms with Gasteiger partial charge in [-0.2, -0.15) is 9.83 Å². The fraction of sp³-hybridized carbons (Fsp3) is 0.276. The van der Waals surface area contributed by atoms with Gasteiger partial charge in [-0.1, -0.05) is 0 Å². The summed E-state index contributed by atoms with van der Waals surface area (Å²) in [5.74, 6) is -5.10. The molecule has 0 fully saturated rings. The molecule has 2 aromatic heterocycles. The number of carboxylic acids is 4. The lowest BCUT2D eigenvalue weighted by molar-refractivity contribution is -0.604. The zero-order valence-electron chi connectivity index (χ0n) is 25.0. The normalized spacial score (nSPS) is 11.6. The maximum absolute atomic E-state index is 13.4. The van der Waals surface area contributed by atoms with Crippen LogP contribution < -0.4 is 10.0 Å². The molecule has 2 heterocycles. The Morgan fingerprint density at radius 1 is 0.867 bits per heavy atom. The first kappa shape index (κ1) is 35.6. The highest BCUT2D eigenvalue weighted by Crippen LogP contribution is 2.41. The van der Waals surface area contributed by atoms with Gasteiger partial charge in [0.15, 0.2) is 18.2 Å². The zero-order valence-corrected chi connectivity index (χ0v) is 25.0. The van der Waals surface area contributed by atoms with Gasteiger partial charge >= 0.3 is 23.9 Å². The van der Waals surface area contributed by atoms with Gasteiger partial charge in [-0.15, -0.1) is 0 Å². The van der Waals surface area contributed by atoms with E-state index in [4.69, 9.17) is 25.5 Å². The number of rotatable bonds is 11. The molecule has 0 radical (unpaired) electrons. The van der Waals surface area contributed by atoms with Crippen molar-refractivity contribution < 1.29 is 49.1 Å². The minimum Gasteiger partial charge on any atom is -0.619 e. The molecule has 1 aliphatic rings. The van der Waals surface area contributed by atoms with E-state index in [9.17, 15) is 29.2 Å². The molecule has 0 unspecified atom stereocenters. The van der Waals surface area contributed by atoms with Crippen molar-refractivity contribution >= 4 is 46.3 Å². The van der Waals surface area contributed by atoms with Crippen LogP contribution in [-0.2, 0) is 25.7 Å². The molecule has 5 N–H and O–H groups in total. The smallest absolute Gasteiger partial charge is 0.328 e. The molecule has 0 atom stereocenters. The third-order valence-corrected chi connectivity index (χ3v) is 5.95. The van der Waals surface area contributed by atoms with Gasteiger partial charge < -0.3 is 40.7 Å². The number of anilines is 1. The summed E-state index contributed by atoms with van der Waals surface area (Å²) in [5, 5.41) is 52.2. The lowest BCUT2D eigenvalue weighted by Gasteiger charge is -2.19. The molecular weight excluding hydrogens is 592 g/mol. The van der Waals surface area contributed by atoms with Gasteiger partial charge in [0.2, 0.25) is 0 Å². The van der Waals surface area contributed by atoms with Gasteiger partial charge in [0.25, 0.3) is 0 Å². The summed E-state index contributed by atoms with van der Waals surface area (Å²) in [6.45, 7) is 3.11. The van der Waals surface area contributed by atoms with E-state index in [1.807, 2.05) is 45.0 Å². The van der Waals surface area contributed by atoms with E-state index in [-0.39, 0.29) is 5.78 Å². The maximum Gasteiger partial charge on any atom is 0.328 e. The standard InChI is InChI=1S/C21H26N6O2.2C4H4O4/c1-24(2)10-8-22-16-5-6-17-19-18(16)21(28)14-7-9-26(29)13-15(14)20(19)23-27(17)12-11-25(3)4;2*5-3(6)1-2-4(7)8/h5-7,9,13,22H,8,10-12H2,1-4H3;2*1-2H,(H,5,6)(H,7,8)/b;2*2-1-. The summed E-state index contributed by atoms with van der Waals surface area (Å²) in [7, 11) is 8.06. The Morgan fingerprint density at radius 2 is 1.40 bits per heavy atom. The number of benzene rings is 1. The van der Waals surface area contributed by atoms with E-state index >= 15 is 0 Å². The van der Waals surface area contributed by atoms with Crippen molar-refractivity contribution in [2.24, 2.45) is 0 Å². The number of hydrogen-bond acceptors (Lipinski definition) is 10. The minimum atomic E-state index is -1.26. The van der Waals surface area contributed by atoms with E-state index in [2.05, 4.69) is 15.1 Å². The number of carbonyl (C=O) groups is 5. The highest BCUT2D eigenvalue weighted by atomic mass is 16.5. The van der Waals surface area contributed by atoms with Crippen LogP contribution in [0.5, 0.6) is 0 Å². The lowest BCUT2D eigenvalue weighted by atomic mass is 9.87. The highest BCUT2D eigenvalue weighted by molar-refractivity contribution is 6.27. The minimum absolute atomic E-state index is 0.0711. The number of carbonyl (C=O) groups excluding carboxylic acids is 1. The van der Waals surface area contributed by atoms with Gasteiger partial charge in [0, 0.05) is 66.6 Å². The Balaban J connectivity index is 0.000000365. The second-order valence-electron chi connectivity index (χ2n) is 9.97. The Kier molecular flexibility index (Phi) is 12.9. The third kappa shape index (κ3) is 10.6. The van der Waals surface area contributed by atoms with Crippen LogP contribution in [0.2, 0.25) is 0 Å². The van der Waals surface area contributed by atoms with Gasteiger partial charge in [-0.25, -0.2) is 19.2 Å². The number of ketones is 1. The molecule has 4 rings (SSSR count). The molecule has 1 aromatic carbocycles. The van der Waals surface area contributed by atoms with Crippen LogP contribution in [0.1, 0.15) is 15.9 Å². The number of likely N-dealkylation sites (N-methyl/N-ethyl adjacent to an activating group) is 2. The zero-order chi connectivity index (χ0) is 33.8. The number of fused-ring (bicyclic) bond motifs is 2. The van der Waals surface area contributed by atoms with Crippen molar-refractivity contribution in [1.82, 2.24) is 19.6 Å². The van der Waals surface area contributed by atoms with Crippen molar-refractivity contribution in [2.75, 3.05) is 53.1 Å². The van der Waals surface area contributed by atoms with E-state index in [1.165, 1.54) is 12.4 Å². The molecule has 0 amide bonds. The van der Waals surface area contributed by atoms with Crippen LogP contribution in [0.4, 0.5) is 5.69 Å². The second kappa shape index (κ2) is 16.3. The fourth-order valence-corrected chi connectivity index (χ4v) is 4.01. The first-order chi connectivity index (χ1) is 21.1.